The van der Waals surface area contributed by atoms with Crippen LogP contribution in [0.3, 0.4) is 0 Å². The Kier molecular flexibility index (Phi) is 5.43. The average Bonchev–Trinajstić information content (AvgIpc) is 3.48. The lowest BCUT2D eigenvalue weighted by Crippen LogP contribution is -2.44. The largest absolute Gasteiger partial charge is 0.373 e. The van der Waals surface area contributed by atoms with E-state index in [1.165, 1.54) is 0 Å². The van der Waals surface area contributed by atoms with Gasteiger partial charge in [0.2, 0.25) is 0 Å². The van der Waals surface area contributed by atoms with Gasteiger partial charge in [0.15, 0.2) is 0 Å². The fourth-order valence-electron chi connectivity index (χ4n) is 5.14. The summed E-state index contributed by atoms with van der Waals surface area (Å²) in [6, 6.07) is 4.51. The molecule has 0 amide bonds. The minimum Gasteiger partial charge on any atom is -0.373 e. The third-order valence-electron chi connectivity index (χ3n) is 6.58. The van der Waals surface area contributed by atoms with Gasteiger partial charge in [-0.25, -0.2) is 19.8 Å². The van der Waals surface area contributed by atoms with Crippen molar-refractivity contribution >= 4 is 5.82 Å². The summed E-state index contributed by atoms with van der Waals surface area (Å²) in [6.45, 7) is 5.75. The lowest BCUT2D eigenvalue weighted by atomic mass is 9.78. The Hall–Kier alpha value is -2.10. The first-order valence-corrected chi connectivity index (χ1v) is 10.9. The van der Waals surface area contributed by atoms with Gasteiger partial charge in [0.25, 0.3) is 0 Å². The lowest BCUT2D eigenvalue weighted by molar-refractivity contribution is -0.0708. The van der Waals surface area contributed by atoms with Crippen LogP contribution in [0.4, 0.5) is 10.2 Å². The maximum atomic E-state index is 14.6. The van der Waals surface area contributed by atoms with Gasteiger partial charge in [-0.2, -0.15) is 5.10 Å². The number of halogens is 1. The molecule has 8 nitrogen and oxygen atoms in total. The van der Waals surface area contributed by atoms with Crippen LogP contribution in [0.5, 0.6) is 0 Å². The van der Waals surface area contributed by atoms with E-state index in [-0.39, 0.29) is 30.2 Å². The second kappa shape index (κ2) is 8.20. The molecule has 0 spiro atoms. The van der Waals surface area contributed by atoms with Crippen molar-refractivity contribution in [1.82, 2.24) is 30.6 Å². The quantitative estimate of drug-likeness (QED) is 0.775. The van der Waals surface area contributed by atoms with Crippen LogP contribution >= 0.6 is 0 Å². The molecule has 9 heteroatoms. The number of aromatic nitrogens is 4. The standard InChI is InChI=1S/C21H30FN7O/c1-13(2)30-19-8-15-17(9-16(19)22)26-27-21(15)18-10-20(24-12-23-18)28-7-4-14(11-28)29-6-3-5-25-29/h3,5-6,10,12-17,19,21,26-27H,4,7-9,11H2,1-2H3. The van der Waals surface area contributed by atoms with Crippen molar-refractivity contribution in [3.63, 3.8) is 0 Å². The Morgan fingerprint density at radius 1 is 1.23 bits per heavy atom. The molecule has 2 N–H and O–H groups in total. The van der Waals surface area contributed by atoms with Gasteiger partial charge in [0, 0.05) is 43.5 Å². The highest BCUT2D eigenvalue weighted by Gasteiger charge is 2.46. The van der Waals surface area contributed by atoms with Gasteiger partial charge in [-0.3, -0.25) is 10.1 Å². The van der Waals surface area contributed by atoms with Crippen LogP contribution in [-0.2, 0) is 4.74 Å². The van der Waals surface area contributed by atoms with E-state index in [0.717, 1.165) is 31.0 Å². The molecule has 3 fully saturated rings. The summed E-state index contributed by atoms with van der Waals surface area (Å²) in [5, 5.41) is 4.38. The molecule has 2 saturated heterocycles. The Bertz CT molecular complexity index is 848. The van der Waals surface area contributed by atoms with Crippen LogP contribution in [0, 0.1) is 5.92 Å². The Morgan fingerprint density at radius 3 is 2.93 bits per heavy atom. The number of nitrogens with zero attached hydrogens (tertiary/aromatic N) is 5. The van der Waals surface area contributed by atoms with Gasteiger partial charge >= 0.3 is 0 Å². The van der Waals surface area contributed by atoms with Gasteiger partial charge < -0.3 is 9.64 Å². The SMILES string of the molecule is CC(C)OC1CC2C(CC1F)NNC2c1cc(N2CCC(n3cccn3)C2)ncn1. The maximum Gasteiger partial charge on any atom is 0.132 e. The van der Waals surface area contributed by atoms with E-state index in [0.29, 0.717) is 18.9 Å². The molecule has 6 atom stereocenters. The number of hydrogen-bond donors (Lipinski definition) is 2. The van der Waals surface area contributed by atoms with Crippen LogP contribution in [-0.4, -0.2) is 57.3 Å². The summed E-state index contributed by atoms with van der Waals surface area (Å²) < 4.78 is 22.5. The second-order valence-corrected chi connectivity index (χ2v) is 8.92. The number of rotatable bonds is 5. The molecule has 1 saturated carbocycles. The van der Waals surface area contributed by atoms with E-state index in [2.05, 4.69) is 36.9 Å². The fourth-order valence-corrected chi connectivity index (χ4v) is 5.14. The molecule has 4 heterocycles. The lowest BCUT2D eigenvalue weighted by Gasteiger charge is -2.36. The van der Waals surface area contributed by atoms with Gasteiger partial charge in [-0.05, 0) is 39.2 Å². The van der Waals surface area contributed by atoms with Crippen LogP contribution in [0.1, 0.15) is 50.9 Å². The number of ether oxygens (including phenoxy) is 1. The predicted octanol–water partition coefficient (Wildman–Crippen LogP) is 2.18. The first-order chi connectivity index (χ1) is 14.6. The Morgan fingerprint density at radius 2 is 2.13 bits per heavy atom. The molecule has 2 aliphatic heterocycles. The molecule has 162 valence electrons. The van der Waals surface area contributed by atoms with E-state index < -0.39 is 6.17 Å². The zero-order valence-corrected chi connectivity index (χ0v) is 17.5. The maximum absolute atomic E-state index is 14.6. The van der Waals surface area contributed by atoms with Crippen molar-refractivity contribution in [2.45, 2.75) is 69.6 Å². The third-order valence-corrected chi connectivity index (χ3v) is 6.58. The molecule has 2 aromatic heterocycles. The van der Waals surface area contributed by atoms with Crippen LogP contribution < -0.4 is 15.8 Å². The number of anilines is 1. The molecule has 0 bridgehead atoms. The normalized spacial score (nSPS) is 33.9. The number of fused-ring (bicyclic) bond motifs is 1. The first kappa shape index (κ1) is 19.8. The van der Waals surface area contributed by atoms with E-state index in [1.807, 2.05) is 37.0 Å². The summed E-state index contributed by atoms with van der Waals surface area (Å²) in [5.41, 5.74) is 7.61. The number of hydrazine groups is 1. The molecule has 1 aliphatic carbocycles. The highest BCUT2D eigenvalue weighted by atomic mass is 19.1. The predicted molar refractivity (Wildman–Crippen MR) is 111 cm³/mol. The summed E-state index contributed by atoms with van der Waals surface area (Å²) in [6.07, 6.45) is 6.39. The van der Waals surface area contributed by atoms with Gasteiger partial charge in [-0.15, -0.1) is 0 Å². The Balaban J connectivity index is 1.31. The first-order valence-electron chi connectivity index (χ1n) is 10.9. The topological polar surface area (TPSA) is 80.1 Å². The summed E-state index contributed by atoms with van der Waals surface area (Å²) in [4.78, 5) is 11.4. The van der Waals surface area contributed by atoms with E-state index in [9.17, 15) is 4.39 Å². The smallest absolute Gasteiger partial charge is 0.132 e. The van der Waals surface area contributed by atoms with Crippen molar-refractivity contribution in [1.29, 1.82) is 0 Å². The van der Waals surface area contributed by atoms with Crippen molar-refractivity contribution in [2.75, 3.05) is 18.0 Å². The zero-order valence-electron chi connectivity index (χ0n) is 17.5. The van der Waals surface area contributed by atoms with Crippen LogP contribution in [0.2, 0.25) is 0 Å². The van der Waals surface area contributed by atoms with E-state index >= 15 is 0 Å². The minimum absolute atomic E-state index is 0.0204. The van der Waals surface area contributed by atoms with Crippen molar-refractivity contribution in [3.05, 3.63) is 36.5 Å². The molecular formula is C21H30FN7O. The van der Waals surface area contributed by atoms with Crippen molar-refractivity contribution in [2.24, 2.45) is 5.92 Å². The third kappa shape index (κ3) is 3.81. The van der Waals surface area contributed by atoms with Crippen molar-refractivity contribution in [3.8, 4) is 0 Å². The van der Waals surface area contributed by atoms with Crippen molar-refractivity contribution < 1.29 is 9.13 Å². The summed E-state index contributed by atoms with van der Waals surface area (Å²) >= 11 is 0. The molecule has 30 heavy (non-hydrogen) atoms. The minimum atomic E-state index is -0.938. The molecule has 0 radical (unpaired) electrons. The molecule has 2 aromatic rings. The summed E-state index contributed by atoms with van der Waals surface area (Å²) in [5.74, 6) is 1.17. The molecule has 3 aliphatic rings. The molecule has 0 aromatic carbocycles. The zero-order chi connectivity index (χ0) is 20.7. The van der Waals surface area contributed by atoms with E-state index in [4.69, 9.17) is 4.74 Å². The highest BCUT2D eigenvalue weighted by molar-refractivity contribution is 5.41. The summed E-state index contributed by atoms with van der Waals surface area (Å²) in [7, 11) is 0. The molecule has 6 unspecified atom stereocenters. The monoisotopic (exact) mass is 415 g/mol. The number of alkyl halides is 1. The highest BCUT2D eigenvalue weighted by Crippen LogP contribution is 2.40. The van der Waals surface area contributed by atoms with Crippen LogP contribution in [0.25, 0.3) is 0 Å². The van der Waals surface area contributed by atoms with Gasteiger partial charge in [0.1, 0.15) is 18.3 Å². The average molecular weight is 416 g/mol. The fraction of sp³-hybridized carbons (Fsp3) is 0.667. The second-order valence-electron chi connectivity index (χ2n) is 8.92. The Labute approximate surface area is 176 Å². The number of nitrogens with one attached hydrogen (secondary N) is 2. The molecule has 5 rings (SSSR count). The van der Waals surface area contributed by atoms with Gasteiger partial charge in [-0.1, -0.05) is 0 Å². The van der Waals surface area contributed by atoms with Gasteiger partial charge in [0.05, 0.1) is 30.0 Å². The molecular weight excluding hydrogens is 385 g/mol. The number of hydrogen-bond acceptors (Lipinski definition) is 7. The van der Waals surface area contributed by atoms with E-state index in [1.54, 1.807) is 6.33 Å². The van der Waals surface area contributed by atoms with Crippen LogP contribution in [0.15, 0.2) is 30.9 Å².